The first kappa shape index (κ1) is 17.6. The van der Waals surface area contributed by atoms with E-state index in [1.165, 1.54) is 0 Å². The molecular formula is C17H23ClN2O. The van der Waals surface area contributed by atoms with Gasteiger partial charge in [0.15, 0.2) is 0 Å². The number of nitrogens with zero attached hydrogens (tertiary/aromatic N) is 1. The molecule has 0 heterocycles. The number of carbonyl (C=O) groups is 1. The van der Waals surface area contributed by atoms with Gasteiger partial charge >= 0.3 is 0 Å². The maximum atomic E-state index is 12.5. The van der Waals surface area contributed by atoms with Crippen LogP contribution in [0.2, 0.25) is 5.02 Å². The summed E-state index contributed by atoms with van der Waals surface area (Å²) in [5.74, 6) is 6.15. The van der Waals surface area contributed by atoms with Gasteiger partial charge < -0.3 is 10.6 Å². The fourth-order valence-corrected chi connectivity index (χ4v) is 2.17. The highest BCUT2D eigenvalue weighted by atomic mass is 35.5. The maximum absolute atomic E-state index is 12.5. The fourth-order valence-electron chi connectivity index (χ4n) is 1.94. The third-order valence-corrected chi connectivity index (χ3v) is 3.75. The number of halogens is 1. The van der Waals surface area contributed by atoms with E-state index in [9.17, 15) is 4.79 Å². The van der Waals surface area contributed by atoms with Crippen LogP contribution in [0.1, 0.15) is 43.1 Å². The minimum atomic E-state index is 0.0121. The quantitative estimate of drug-likeness (QED) is 0.849. The molecule has 4 heteroatoms. The molecule has 0 aliphatic rings. The van der Waals surface area contributed by atoms with Gasteiger partial charge in [-0.05, 0) is 31.0 Å². The predicted octanol–water partition coefficient (Wildman–Crippen LogP) is 3.16. The second-order valence-electron chi connectivity index (χ2n) is 5.06. The SMILES string of the molecule is CCC(C)CN(CC)C(=O)c1ccc(C#CCN)c(Cl)c1. The molecule has 0 bridgehead atoms. The number of benzene rings is 1. The van der Waals surface area contributed by atoms with Crippen LogP contribution in [0.15, 0.2) is 18.2 Å². The van der Waals surface area contributed by atoms with Crippen molar-refractivity contribution in [1.82, 2.24) is 4.90 Å². The first-order valence-electron chi connectivity index (χ1n) is 7.31. The van der Waals surface area contributed by atoms with Gasteiger partial charge in [0.1, 0.15) is 0 Å². The van der Waals surface area contributed by atoms with E-state index < -0.39 is 0 Å². The third-order valence-electron chi connectivity index (χ3n) is 3.44. The summed E-state index contributed by atoms with van der Waals surface area (Å²) in [7, 11) is 0. The van der Waals surface area contributed by atoms with Crippen molar-refractivity contribution in [3.63, 3.8) is 0 Å². The van der Waals surface area contributed by atoms with E-state index in [-0.39, 0.29) is 12.5 Å². The molecule has 0 saturated heterocycles. The third kappa shape index (κ3) is 5.08. The molecule has 1 rings (SSSR count). The highest BCUT2D eigenvalue weighted by Gasteiger charge is 2.17. The van der Waals surface area contributed by atoms with E-state index in [1.807, 2.05) is 11.8 Å². The van der Waals surface area contributed by atoms with Crippen LogP contribution in [0.3, 0.4) is 0 Å². The van der Waals surface area contributed by atoms with Crippen molar-refractivity contribution in [2.24, 2.45) is 11.7 Å². The summed E-state index contributed by atoms with van der Waals surface area (Å²) >= 11 is 6.18. The van der Waals surface area contributed by atoms with Crippen molar-refractivity contribution in [3.8, 4) is 11.8 Å². The van der Waals surface area contributed by atoms with E-state index in [0.717, 1.165) is 13.0 Å². The second-order valence-corrected chi connectivity index (χ2v) is 5.46. The Morgan fingerprint density at radius 1 is 1.43 bits per heavy atom. The zero-order chi connectivity index (χ0) is 15.8. The zero-order valence-electron chi connectivity index (χ0n) is 12.9. The number of carbonyl (C=O) groups excluding carboxylic acids is 1. The number of hydrogen-bond acceptors (Lipinski definition) is 2. The smallest absolute Gasteiger partial charge is 0.253 e. The first-order valence-corrected chi connectivity index (χ1v) is 7.69. The molecule has 3 nitrogen and oxygen atoms in total. The van der Waals surface area contributed by atoms with Crippen LogP contribution in [0, 0.1) is 17.8 Å². The average molecular weight is 307 g/mol. The van der Waals surface area contributed by atoms with Crippen molar-refractivity contribution < 1.29 is 4.79 Å². The molecular weight excluding hydrogens is 284 g/mol. The van der Waals surface area contributed by atoms with E-state index >= 15 is 0 Å². The van der Waals surface area contributed by atoms with Crippen molar-refractivity contribution in [2.45, 2.75) is 27.2 Å². The summed E-state index contributed by atoms with van der Waals surface area (Å²) in [6.45, 7) is 8.01. The van der Waals surface area contributed by atoms with Crippen molar-refractivity contribution in [3.05, 3.63) is 34.3 Å². The molecule has 114 valence electrons. The highest BCUT2D eigenvalue weighted by molar-refractivity contribution is 6.32. The lowest BCUT2D eigenvalue weighted by atomic mass is 10.1. The molecule has 0 fully saturated rings. The summed E-state index contributed by atoms with van der Waals surface area (Å²) in [6, 6.07) is 5.23. The molecule has 21 heavy (non-hydrogen) atoms. The summed E-state index contributed by atoms with van der Waals surface area (Å²) in [4.78, 5) is 14.4. The number of nitrogens with two attached hydrogens (primary N) is 1. The van der Waals surface area contributed by atoms with Gasteiger partial charge in [0, 0.05) is 24.2 Å². The van der Waals surface area contributed by atoms with Crippen molar-refractivity contribution >= 4 is 17.5 Å². The zero-order valence-corrected chi connectivity index (χ0v) is 13.7. The molecule has 1 aromatic carbocycles. The summed E-state index contributed by atoms with van der Waals surface area (Å²) in [5.41, 5.74) is 6.64. The van der Waals surface area contributed by atoms with Gasteiger partial charge in [-0.1, -0.05) is 43.7 Å². The molecule has 2 N–H and O–H groups in total. The lowest BCUT2D eigenvalue weighted by Crippen LogP contribution is -2.34. The second kappa shape index (κ2) is 8.71. The Morgan fingerprint density at radius 2 is 2.14 bits per heavy atom. The van der Waals surface area contributed by atoms with Crippen LogP contribution < -0.4 is 5.73 Å². The number of rotatable bonds is 5. The Balaban J connectivity index is 2.93. The molecule has 0 aliphatic heterocycles. The van der Waals surface area contributed by atoms with Gasteiger partial charge in [0.2, 0.25) is 0 Å². The molecule has 1 atom stereocenters. The average Bonchev–Trinajstić information content (AvgIpc) is 2.50. The summed E-state index contributed by atoms with van der Waals surface area (Å²) < 4.78 is 0. The van der Waals surface area contributed by atoms with E-state index in [2.05, 4.69) is 25.7 Å². The molecule has 0 spiro atoms. The number of hydrogen-bond donors (Lipinski definition) is 1. The van der Waals surface area contributed by atoms with Crippen LogP contribution in [0.25, 0.3) is 0 Å². The van der Waals surface area contributed by atoms with Crippen LogP contribution >= 0.6 is 11.6 Å². The van der Waals surface area contributed by atoms with E-state index in [1.54, 1.807) is 18.2 Å². The van der Waals surface area contributed by atoms with Gasteiger partial charge in [0.05, 0.1) is 11.6 Å². The van der Waals surface area contributed by atoms with E-state index in [0.29, 0.717) is 28.6 Å². The maximum Gasteiger partial charge on any atom is 0.253 e. The van der Waals surface area contributed by atoms with Crippen LogP contribution in [-0.2, 0) is 0 Å². The summed E-state index contributed by atoms with van der Waals surface area (Å²) in [5, 5.41) is 0.487. The van der Waals surface area contributed by atoms with Gasteiger partial charge in [-0.25, -0.2) is 0 Å². The lowest BCUT2D eigenvalue weighted by Gasteiger charge is -2.24. The molecule has 0 radical (unpaired) electrons. The van der Waals surface area contributed by atoms with Crippen molar-refractivity contribution in [2.75, 3.05) is 19.6 Å². The van der Waals surface area contributed by atoms with E-state index in [4.69, 9.17) is 17.3 Å². The minimum Gasteiger partial charge on any atom is -0.339 e. The highest BCUT2D eigenvalue weighted by Crippen LogP contribution is 2.19. The Labute approximate surface area is 132 Å². The number of amides is 1. The van der Waals surface area contributed by atoms with Crippen molar-refractivity contribution in [1.29, 1.82) is 0 Å². The predicted molar refractivity (Wildman–Crippen MR) is 88.4 cm³/mol. The Hall–Kier alpha value is -1.50. The fraction of sp³-hybridized carbons (Fsp3) is 0.471. The Morgan fingerprint density at radius 3 is 2.67 bits per heavy atom. The molecule has 0 aliphatic carbocycles. The van der Waals surface area contributed by atoms with Crippen LogP contribution in [-0.4, -0.2) is 30.4 Å². The Kier molecular flexibility index (Phi) is 7.28. The topological polar surface area (TPSA) is 46.3 Å². The monoisotopic (exact) mass is 306 g/mol. The molecule has 1 unspecified atom stereocenters. The van der Waals surface area contributed by atoms with Gasteiger partial charge in [-0.3, -0.25) is 4.79 Å². The molecule has 1 amide bonds. The minimum absolute atomic E-state index is 0.0121. The largest absolute Gasteiger partial charge is 0.339 e. The first-order chi connectivity index (χ1) is 10.0. The Bertz CT molecular complexity index is 545. The van der Waals surface area contributed by atoms with Gasteiger partial charge in [-0.2, -0.15) is 0 Å². The molecule has 0 aromatic heterocycles. The van der Waals surface area contributed by atoms with Gasteiger partial charge in [0.25, 0.3) is 5.91 Å². The van der Waals surface area contributed by atoms with Crippen LogP contribution in [0.4, 0.5) is 0 Å². The summed E-state index contributed by atoms with van der Waals surface area (Å²) in [6.07, 6.45) is 1.05. The standard InChI is InChI=1S/C17H23ClN2O/c1-4-13(3)12-20(5-2)17(21)15-9-8-14(7-6-10-19)16(18)11-15/h8-9,11,13H,4-5,10,12,19H2,1-3H3. The normalized spacial score (nSPS) is 11.5. The van der Waals surface area contributed by atoms with Gasteiger partial charge in [-0.15, -0.1) is 0 Å². The molecule has 0 saturated carbocycles. The van der Waals surface area contributed by atoms with Crippen LogP contribution in [0.5, 0.6) is 0 Å². The lowest BCUT2D eigenvalue weighted by molar-refractivity contribution is 0.0741. The molecule has 1 aromatic rings.